The summed E-state index contributed by atoms with van der Waals surface area (Å²) in [4.78, 5) is 14.0. The van der Waals surface area contributed by atoms with Crippen LogP contribution in [-0.4, -0.2) is 40.7 Å². The third kappa shape index (κ3) is 2.64. The van der Waals surface area contributed by atoms with E-state index in [0.717, 1.165) is 18.4 Å². The Morgan fingerprint density at radius 2 is 2.28 bits per heavy atom. The van der Waals surface area contributed by atoms with Crippen molar-refractivity contribution in [3.05, 3.63) is 29.3 Å². The molecule has 2 N–H and O–H groups in total. The Kier molecular flexibility index (Phi) is 3.87. The molecule has 98 valence electrons. The number of benzene rings is 1. The van der Waals surface area contributed by atoms with Crippen LogP contribution in [0.4, 0.5) is 0 Å². The number of phenols is 1. The molecular weight excluding hydrogens is 230 g/mol. The van der Waals surface area contributed by atoms with Gasteiger partial charge in [-0.25, -0.2) is 0 Å². The van der Waals surface area contributed by atoms with Gasteiger partial charge < -0.3 is 15.1 Å². The highest BCUT2D eigenvalue weighted by Crippen LogP contribution is 2.23. The Morgan fingerprint density at radius 1 is 1.50 bits per heavy atom. The zero-order valence-corrected chi connectivity index (χ0v) is 10.6. The molecule has 0 aromatic heterocycles. The van der Waals surface area contributed by atoms with Gasteiger partial charge in [0.15, 0.2) is 0 Å². The summed E-state index contributed by atoms with van der Waals surface area (Å²) in [5, 5.41) is 18.9. The molecule has 1 saturated heterocycles. The number of aliphatic hydroxyl groups is 1. The molecule has 18 heavy (non-hydrogen) atoms. The summed E-state index contributed by atoms with van der Waals surface area (Å²) in [5.74, 6) is 0.0423. The minimum atomic E-state index is -0.144. The second kappa shape index (κ2) is 5.40. The second-order valence-electron chi connectivity index (χ2n) is 4.96. The molecule has 1 aromatic rings. The van der Waals surface area contributed by atoms with E-state index >= 15 is 0 Å². The Labute approximate surface area is 107 Å². The van der Waals surface area contributed by atoms with Gasteiger partial charge in [-0.05, 0) is 37.8 Å². The summed E-state index contributed by atoms with van der Waals surface area (Å²) in [7, 11) is 0. The van der Waals surface area contributed by atoms with E-state index < -0.39 is 0 Å². The molecule has 4 nitrogen and oxygen atoms in total. The lowest BCUT2D eigenvalue weighted by atomic mass is 9.98. The molecule has 0 radical (unpaired) electrons. The Balaban J connectivity index is 2.17. The lowest BCUT2D eigenvalue weighted by molar-refractivity contribution is 0.0618. The van der Waals surface area contributed by atoms with Gasteiger partial charge in [0.25, 0.3) is 5.91 Å². The van der Waals surface area contributed by atoms with Crippen molar-refractivity contribution in [3.8, 4) is 5.75 Å². The molecule has 2 rings (SSSR count). The van der Waals surface area contributed by atoms with Crippen LogP contribution in [-0.2, 0) is 0 Å². The van der Waals surface area contributed by atoms with Crippen LogP contribution in [0.2, 0.25) is 0 Å². The van der Waals surface area contributed by atoms with Crippen LogP contribution in [0.25, 0.3) is 0 Å². The number of aryl methyl sites for hydroxylation is 1. The average Bonchev–Trinajstić information content (AvgIpc) is 2.41. The molecule has 0 saturated carbocycles. The van der Waals surface area contributed by atoms with Crippen LogP contribution in [0.1, 0.15) is 28.8 Å². The molecule has 1 unspecified atom stereocenters. The average molecular weight is 249 g/mol. The van der Waals surface area contributed by atoms with E-state index in [-0.39, 0.29) is 24.2 Å². The highest BCUT2D eigenvalue weighted by molar-refractivity contribution is 5.97. The fraction of sp³-hybridized carbons (Fsp3) is 0.500. The molecule has 1 aliphatic rings. The SMILES string of the molecule is Cc1ccc(O)c(C(=O)N2CCCC(CO)C2)c1. The third-order valence-electron chi connectivity index (χ3n) is 3.45. The quantitative estimate of drug-likeness (QED) is 0.836. The number of carbonyl (C=O) groups is 1. The molecule has 1 amide bonds. The number of phenolic OH excluding ortho intramolecular Hbond substituents is 1. The fourth-order valence-electron chi connectivity index (χ4n) is 2.39. The number of amides is 1. The smallest absolute Gasteiger partial charge is 0.257 e. The van der Waals surface area contributed by atoms with Crippen LogP contribution in [0.5, 0.6) is 5.75 Å². The molecule has 1 aromatic carbocycles. The lowest BCUT2D eigenvalue weighted by Crippen LogP contribution is -2.41. The second-order valence-corrected chi connectivity index (χ2v) is 4.96. The Hall–Kier alpha value is -1.55. The van der Waals surface area contributed by atoms with Gasteiger partial charge in [-0.1, -0.05) is 11.6 Å². The van der Waals surface area contributed by atoms with Gasteiger partial charge in [0.1, 0.15) is 5.75 Å². The molecule has 1 atom stereocenters. The Bertz CT molecular complexity index is 445. The van der Waals surface area contributed by atoms with E-state index in [2.05, 4.69) is 0 Å². The highest BCUT2D eigenvalue weighted by Gasteiger charge is 2.25. The van der Waals surface area contributed by atoms with E-state index in [4.69, 9.17) is 0 Å². The van der Waals surface area contributed by atoms with Crippen molar-refractivity contribution in [1.82, 2.24) is 4.90 Å². The van der Waals surface area contributed by atoms with Crippen LogP contribution < -0.4 is 0 Å². The lowest BCUT2D eigenvalue weighted by Gasteiger charge is -2.32. The molecule has 0 spiro atoms. The zero-order valence-electron chi connectivity index (χ0n) is 10.6. The van der Waals surface area contributed by atoms with Gasteiger partial charge in [0.05, 0.1) is 5.56 Å². The first-order chi connectivity index (χ1) is 8.61. The van der Waals surface area contributed by atoms with Gasteiger partial charge in [-0.15, -0.1) is 0 Å². The number of aliphatic hydroxyl groups excluding tert-OH is 1. The summed E-state index contributed by atoms with van der Waals surface area (Å²) in [6, 6.07) is 5.04. The third-order valence-corrected chi connectivity index (χ3v) is 3.45. The largest absolute Gasteiger partial charge is 0.507 e. The summed E-state index contributed by atoms with van der Waals surface area (Å²) in [6.45, 7) is 3.28. The van der Waals surface area contributed by atoms with E-state index in [1.807, 2.05) is 6.92 Å². The van der Waals surface area contributed by atoms with Gasteiger partial charge in [0, 0.05) is 19.7 Å². The standard InChI is InChI=1S/C14H19NO3/c1-10-4-5-13(17)12(7-10)14(18)15-6-2-3-11(8-15)9-16/h4-5,7,11,16-17H,2-3,6,8-9H2,1H3. The van der Waals surface area contributed by atoms with Crippen molar-refractivity contribution in [1.29, 1.82) is 0 Å². The number of likely N-dealkylation sites (tertiary alicyclic amines) is 1. The molecule has 0 bridgehead atoms. The highest BCUT2D eigenvalue weighted by atomic mass is 16.3. The molecule has 0 aliphatic carbocycles. The maximum atomic E-state index is 12.3. The number of nitrogens with zero attached hydrogens (tertiary/aromatic N) is 1. The van der Waals surface area contributed by atoms with Crippen molar-refractivity contribution in [2.24, 2.45) is 5.92 Å². The number of hydrogen-bond acceptors (Lipinski definition) is 3. The van der Waals surface area contributed by atoms with Gasteiger partial charge in [-0.2, -0.15) is 0 Å². The predicted octanol–water partition coefficient (Wildman–Crippen LogP) is 1.55. The summed E-state index contributed by atoms with van der Waals surface area (Å²) in [5.41, 5.74) is 1.31. The molecule has 4 heteroatoms. The first kappa shape index (κ1) is 12.9. The maximum absolute atomic E-state index is 12.3. The molecule has 1 aliphatic heterocycles. The topological polar surface area (TPSA) is 60.8 Å². The zero-order chi connectivity index (χ0) is 13.1. The van der Waals surface area contributed by atoms with Crippen LogP contribution >= 0.6 is 0 Å². The van der Waals surface area contributed by atoms with E-state index in [1.54, 1.807) is 23.1 Å². The molecular formula is C14H19NO3. The summed E-state index contributed by atoms with van der Waals surface area (Å²) in [6.07, 6.45) is 1.86. The molecule has 1 heterocycles. The van der Waals surface area contributed by atoms with Crippen LogP contribution in [0, 0.1) is 12.8 Å². The van der Waals surface area contributed by atoms with Crippen molar-refractivity contribution in [2.45, 2.75) is 19.8 Å². The van der Waals surface area contributed by atoms with Crippen molar-refractivity contribution in [2.75, 3.05) is 19.7 Å². The van der Waals surface area contributed by atoms with Gasteiger partial charge >= 0.3 is 0 Å². The van der Waals surface area contributed by atoms with Crippen molar-refractivity contribution in [3.63, 3.8) is 0 Å². The van der Waals surface area contributed by atoms with Crippen molar-refractivity contribution >= 4 is 5.91 Å². The summed E-state index contributed by atoms with van der Waals surface area (Å²) < 4.78 is 0. The maximum Gasteiger partial charge on any atom is 0.257 e. The van der Waals surface area contributed by atoms with E-state index in [0.29, 0.717) is 18.7 Å². The normalized spacial score (nSPS) is 19.9. The predicted molar refractivity (Wildman–Crippen MR) is 68.6 cm³/mol. The van der Waals surface area contributed by atoms with E-state index in [1.165, 1.54) is 0 Å². The Morgan fingerprint density at radius 3 is 3.00 bits per heavy atom. The minimum absolute atomic E-state index is 0.0247. The first-order valence-electron chi connectivity index (χ1n) is 6.31. The van der Waals surface area contributed by atoms with Crippen LogP contribution in [0.15, 0.2) is 18.2 Å². The monoisotopic (exact) mass is 249 g/mol. The number of rotatable bonds is 2. The van der Waals surface area contributed by atoms with Gasteiger partial charge in [-0.3, -0.25) is 4.79 Å². The molecule has 1 fully saturated rings. The first-order valence-corrected chi connectivity index (χ1v) is 6.31. The van der Waals surface area contributed by atoms with Crippen molar-refractivity contribution < 1.29 is 15.0 Å². The van der Waals surface area contributed by atoms with Crippen LogP contribution in [0.3, 0.4) is 0 Å². The van der Waals surface area contributed by atoms with E-state index in [9.17, 15) is 15.0 Å². The van der Waals surface area contributed by atoms with Gasteiger partial charge in [0.2, 0.25) is 0 Å². The summed E-state index contributed by atoms with van der Waals surface area (Å²) >= 11 is 0. The number of piperidine rings is 1. The number of aromatic hydroxyl groups is 1. The number of hydrogen-bond donors (Lipinski definition) is 2. The number of carbonyl (C=O) groups excluding carboxylic acids is 1. The fourth-order valence-corrected chi connectivity index (χ4v) is 2.39. The minimum Gasteiger partial charge on any atom is -0.507 e.